The molecule has 0 unspecified atom stereocenters. The number of hydrogen-bond donors (Lipinski definition) is 0. The quantitative estimate of drug-likeness (QED) is 0.645. The van der Waals surface area contributed by atoms with E-state index in [-0.39, 0.29) is 4.32 Å². The van der Waals surface area contributed by atoms with E-state index in [0.29, 0.717) is 0 Å². The molecule has 1 aromatic rings. The first kappa shape index (κ1) is 6.28. The van der Waals surface area contributed by atoms with E-state index in [9.17, 15) is 0 Å². The summed E-state index contributed by atoms with van der Waals surface area (Å²) in [5.74, 6) is 0. The van der Waals surface area contributed by atoms with Crippen LogP contribution in [0.25, 0.3) is 0 Å². The van der Waals surface area contributed by atoms with Crippen LogP contribution in [0.5, 0.6) is 0 Å². The highest BCUT2D eigenvalue weighted by Crippen LogP contribution is 2.52. The van der Waals surface area contributed by atoms with Crippen molar-refractivity contribution in [2.45, 2.75) is 17.2 Å². The molecular formula is C7H7BrN2. The first-order valence-corrected chi connectivity index (χ1v) is 4.06. The molecule has 2 rings (SSSR count). The maximum atomic E-state index is 4.20. The van der Waals surface area contributed by atoms with Crippen LogP contribution in [-0.2, 0) is 4.32 Å². The Hall–Kier alpha value is -0.440. The molecule has 0 aromatic carbocycles. The van der Waals surface area contributed by atoms with Crippen molar-refractivity contribution >= 4 is 15.9 Å². The molecule has 3 heteroatoms. The van der Waals surface area contributed by atoms with E-state index >= 15 is 0 Å². The van der Waals surface area contributed by atoms with Crippen molar-refractivity contribution in [2.75, 3.05) is 0 Å². The zero-order chi connectivity index (χ0) is 7.03. The van der Waals surface area contributed by atoms with Crippen LogP contribution in [-0.4, -0.2) is 9.97 Å². The predicted molar refractivity (Wildman–Crippen MR) is 41.9 cm³/mol. The van der Waals surface area contributed by atoms with Crippen LogP contribution in [0.4, 0.5) is 0 Å². The van der Waals surface area contributed by atoms with Crippen LogP contribution in [0, 0.1) is 0 Å². The average molecular weight is 199 g/mol. The van der Waals surface area contributed by atoms with E-state index in [1.807, 2.05) is 6.20 Å². The fourth-order valence-electron chi connectivity index (χ4n) is 0.896. The minimum Gasteiger partial charge on any atom is -0.261 e. The fraction of sp³-hybridized carbons (Fsp3) is 0.429. The van der Waals surface area contributed by atoms with Crippen molar-refractivity contribution in [3.63, 3.8) is 0 Å². The minimum atomic E-state index is 0.182. The van der Waals surface area contributed by atoms with Gasteiger partial charge in [-0.25, -0.2) is 0 Å². The van der Waals surface area contributed by atoms with E-state index in [0.717, 1.165) is 5.69 Å². The van der Waals surface area contributed by atoms with Gasteiger partial charge in [-0.3, -0.25) is 9.97 Å². The van der Waals surface area contributed by atoms with Crippen LogP contribution < -0.4 is 0 Å². The molecule has 0 bridgehead atoms. The Morgan fingerprint density at radius 2 is 2.20 bits per heavy atom. The maximum Gasteiger partial charge on any atom is 0.0753 e. The molecule has 0 radical (unpaired) electrons. The zero-order valence-corrected chi connectivity index (χ0v) is 7.00. The molecule has 0 atom stereocenters. The third-order valence-corrected chi connectivity index (χ3v) is 2.91. The number of hydrogen-bond acceptors (Lipinski definition) is 2. The fourth-order valence-corrected chi connectivity index (χ4v) is 1.30. The van der Waals surface area contributed by atoms with Gasteiger partial charge in [0.25, 0.3) is 0 Å². The first-order chi connectivity index (χ1) is 4.81. The van der Waals surface area contributed by atoms with E-state index in [1.165, 1.54) is 12.8 Å². The highest BCUT2D eigenvalue weighted by molar-refractivity contribution is 9.09. The molecule has 0 saturated heterocycles. The molecule has 1 aromatic heterocycles. The Bertz CT molecular complexity index is 231. The minimum absolute atomic E-state index is 0.182. The molecule has 1 heterocycles. The number of halogens is 1. The van der Waals surface area contributed by atoms with Crippen LogP contribution in [0.1, 0.15) is 18.5 Å². The Kier molecular flexibility index (Phi) is 1.27. The van der Waals surface area contributed by atoms with Gasteiger partial charge in [-0.15, -0.1) is 0 Å². The summed E-state index contributed by atoms with van der Waals surface area (Å²) in [5.41, 5.74) is 1.06. The van der Waals surface area contributed by atoms with Crippen molar-refractivity contribution in [2.24, 2.45) is 0 Å². The van der Waals surface area contributed by atoms with Crippen molar-refractivity contribution in [3.05, 3.63) is 24.3 Å². The van der Waals surface area contributed by atoms with Crippen molar-refractivity contribution in [1.29, 1.82) is 0 Å². The molecule has 0 amide bonds. The third-order valence-electron chi connectivity index (χ3n) is 1.71. The Morgan fingerprint density at radius 3 is 2.70 bits per heavy atom. The molecule has 1 saturated carbocycles. The van der Waals surface area contributed by atoms with Crippen molar-refractivity contribution < 1.29 is 0 Å². The summed E-state index contributed by atoms with van der Waals surface area (Å²) in [5, 5.41) is 0. The van der Waals surface area contributed by atoms with Crippen LogP contribution in [0.2, 0.25) is 0 Å². The largest absolute Gasteiger partial charge is 0.261 e. The van der Waals surface area contributed by atoms with Gasteiger partial charge in [0.15, 0.2) is 0 Å². The van der Waals surface area contributed by atoms with E-state index in [2.05, 4.69) is 25.9 Å². The van der Waals surface area contributed by atoms with Gasteiger partial charge in [0.1, 0.15) is 0 Å². The van der Waals surface area contributed by atoms with Crippen molar-refractivity contribution in [3.8, 4) is 0 Å². The van der Waals surface area contributed by atoms with Gasteiger partial charge in [-0.1, -0.05) is 15.9 Å². The van der Waals surface area contributed by atoms with Gasteiger partial charge in [-0.05, 0) is 12.8 Å². The monoisotopic (exact) mass is 198 g/mol. The maximum absolute atomic E-state index is 4.20. The number of rotatable bonds is 1. The normalized spacial score (nSPS) is 20.5. The predicted octanol–water partition coefficient (Wildman–Crippen LogP) is 1.86. The summed E-state index contributed by atoms with van der Waals surface area (Å²) in [6, 6.07) is 0. The molecule has 1 aliphatic carbocycles. The van der Waals surface area contributed by atoms with Gasteiger partial charge in [0.05, 0.1) is 10.0 Å². The number of aromatic nitrogens is 2. The van der Waals surface area contributed by atoms with Gasteiger partial charge in [0.2, 0.25) is 0 Å². The van der Waals surface area contributed by atoms with Crippen LogP contribution in [0.3, 0.4) is 0 Å². The smallest absolute Gasteiger partial charge is 0.0753 e. The van der Waals surface area contributed by atoms with Crippen molar-refractivity contribution in [1.82, 2.24) is 9.97 Å². The van der Waals surface area contributed by atoms with Crippen LogP contribution >= 0.6 is 15.9 Å². The SMILES string of the molecule is BrC1(c2cnccn2)CC1. The second kappa shape index (κ2) is 2.02. The van der Waals surface area contributed by atoms with Crippen LogP contribution in [0.15, 0.2) is 18.6 Å². The molecule has 2 nitrogen and oxygen atoms in total. The lowest BCUT2D eigenvalue weighted by Crippen LogP contribution is -1.98. The standard InChI is InChI=1S/C7H7BrN2/c8-7(1-2-7)6-5-9-3-4-10-6/h3-5H,1-2H2. The summed E-state index contributed by atoms with van der Waals surface area (Å²) in [7, 11) is 0. The van der Waals surface area contributed by atoms with Gasteiger partial charge >= 0.3 is 0 Å². The molecule has 52 valence electrons. The lowest BCUT2D eigenvalue weighted by molar-refractivity contribution is 0.944. The Labute approximate surface area is 67.8 Å². The second-order valence-electron chi connectivity index (χ2n) is 2.56. The molecule has 1 aliphatic rings. The van der Waals surface area contributed by atoms with Gasteiger partial charge in [0, 0.05) is 18.6 Å². The molecule has 10 heavy (non-hydrogen) atoms. The highest BCUT2D eigenvalue weighted by Gasteiger charge is 2.43. The van der Waals surface area contributed by atoms with E-state index in [4.69, 9.17) is 0 Å². The second-order valence-corrected chi connectivity index (χ2v) is 4.07. The Morgan fingerprint density at radius 1 is 1.40 bits per heavy atom. The average Bonchev–Trinajstić information content (AvgIpc) is 2.72. The zero-order valence-electron chi connectivity index (χ0n) is 5.42. The summed E-state index contributed by atoms with van der Waals surface area (Å²) in [6.07, 6.45) is 7.62. The lowest BCUT2D eigenvalue weighted by atomic mass is 10.3. The first-order valence-electron chi connectivity index (χ1n) is 3.27. The molecular weight excluding hydrogens is 192 g/mol. The summed E-state index contributed by atoms with van der Waals surface area (Å²) < 4.78 is 0.182. The highest BCUT2D eigenvalue weighted by atomic mass is 79.9. The van der Waals surface area contributed by atoms with Gasteiger partial charge in [-0.2, -0.15) is 0 Å². The molecule has 0 spiro atoms. The number of nitrogens with zero attached hydrogens (tertiary/aromatic N) is 2. The number of alkyl halides is 1. The summed E-state index contributed by atoms with van der Waals surface area (Å²) in [6.45, 7) is 0. The summed E-state index contributed by atoms with van der Waals surface area (Å²) >= 11 is 3.60. The molecule has 0 aliphatic heterocycles. The lowest BCUT2D eigenvalue weighted by Gasteiger charge is -2.01. The Balaban J connectivity index is 2.35. The van der Waals surface area contributed by atoms with Gasteiger partial charge < -0.3 is 0 Å². The molecule has 1 fully saturated rings. The van der Waals surface area contributed by atoms with E-state index in [1.54, 1.807) is 12.4 Å². The summed E-state index contributed by atoms with van der Waals surface area (Å²) in [4.78, 5) is 8.20. The molecule has 0 N–H and O–H groups in total. The van der Waals surface area contributed by atoms with E-state index < -0.39 is 0 Å². The topological polar surface area (TPSA) is 25.8 Å². The third kappa shape index (κ3) is 0.944.